The number of carbonyl (C=O) groups is 2. The number of hydrogen-bond acceptors (Lipinski definition) is 2. The van der Waals surface area contributed by atoms with Crippen LogP contribution in [0.1, 0.15) is 39.2 Å². The predicted octanol–water partition coefficient (Wildman–Crippen LogP) is 2.92. The van der Waals surface area contributed by atoms with Crippen molar-refractivity contribution >= 4 is 11.9 Å². The monoisotopic (exact) mass is 277 g/mol. The van der Waals surface area contributed by atoms with Crippen molar-refractivity contribution in [3.63, 3.8) is 0 Å². The Labute approximate surface area is 120 Å². The lowest BCUT2D eigenvalue weighted by atomic mass is 10.1. The second kappa shape index (κ2) is 7.68. The van der Waals surface area contributed by atoms with E-state index in [1.54, 1.807) is 6.92 Å². The molecule has 110 valence electrons. The molecule has 0 heterocycles. The van der Waals surface area contributed by atoms with Gasteiger partial charge in [0, 0.05) is 13.0 Å². The van der Waals surface area contributed by atoms with Crippen molar-refractivity contribution in [1.82, 2.24) is 4.90 Å². The van der Waals surface area contributed by atoms with Gasteiger partial charge in [-0.25, -0.2) is 4.79 Å². The second-order valence-electron chi connectivity index (χ2n) is 5.45. The molecule has 1 atom stereocenters. The van der Waals surface area contributed by atoms with Crippen molar-refractivity contribution in [3.8, 4) is 0 Å². The van der Waals surface area contributed by atoms with E-state index in [1.165, 1.54) is 4.90 Å². The molecule has 4 heteroatoms. The van der Waals surface area contributed by atoms with E-state index >= 15 is 0 Å². The third kappa shape index (κ3) is 5.03. The van der Waals surface area contributed by atoms with E-state index in [9.17, 15) is 9.59 Å². The highest BCUT2D eigenvalue weighted by Crippen LogP contribution is 2.13. The molecule has 1 N–H and O–H groups in total. The van der Waals surface area contributed by atoms with Crippen molar-refractivity contribution < 1.29 is 14.7 Å². The first-order valence-electron chi connectivity index (χ1n) is 6.98. The van der Waals surface area contributed by atoms with Gasteiger partial charge in [0.1, 0.15) is 6.04 Å². The highest BCUT2D eigenvalue weighted by molar-refractivity contribution is 5.83. The first-order valence-corrected chi connectivity index (χ1v) is 6.98. The predicted molar refractivity (Wildman–Crippen MR) is 78.2 cm³/mol. The molecule has 1 aromatic rings. The molecule has 4 nitrogen and oxygen atoms in total. The molecule has 20 heavy (non-hydrogen) atoms. The maximum absolute atomic E-state index is 12.3. The van der Waals surface area contributed by atoms with Crippen LogP contribution in [0.2, 0.25) is 0 Å². The zero-order chi connectivity index (χ0) is 15.1. The number of carboxylic acid groups (broad SMARTS) is 1. The third-order valence-corrected chi connectivity index (χ3v) is 3.28. The van der Waals surface area contributed by atoms with Crippen LogP contribution < -0.4 is 0 Å². The quantitative estimate of drug-likeness (QED) is 0.833. The van der Waals surface area contributed by atoms with Gasteiger partial charge in [-0.1, -0.05) is 44.2 Å². The Kier molecular flexibility index (Phi) is 6.22. The molecule has 0 saturated carbocycles. The highest BCUT2D eigenvalue weighted by Gasteiger charge is 2.25. The summed E-state index contributed by atoms with van der Waals surface area (Å²) in [6.45, 7) is 5.99. The van der Waals surface area contributed by atoms with Gasteiger partial charge in [0.05, 0.1) is 0 Å². The van der Waals surface area contributed by atoms with Crippen LogP contribution in [0.4, 0.5) is 0 Å². The molecule has 1 amide bonds. The fourth-order valence-electron chi connectivity index (χ4n) is 1.91. The second-order valence-corrected chi connectivity index (χ2v) is 5.45. The zero-order valence-electron chi connectivity index (χ0n) is 12.4. The van der Waals surface area contributed by atoms with Crippen molar-refractivity contribution in [2.45, 2.75) is 46.2 Å². The van der Waals surface area contributed by atoms with Gasteiger partial charge in [0.25, 0.3) is 0 Å². The van der Waals surface area contributed by atoms with E-state index in [1.807, 2.05) is 30.3 Å². The number of rotatable bonds is 7. The minimum absolute atomic E-state index is 0.0996. The minimum atomic E-state index is -0.973. The Morgan fingerprint density at radius 1 is 1.15 bits per heavy atom. The molecular formula is C16H23NO3. The molecule has 0 fully saturated rings. The van der Waals surface area contributed by atoms with Crippen molar-refractivity contribution in [3.05, 3.63) is 35.9 Å². The number of carbonyl (C=O) groups excluding carboxylic acids is 1. The summed E-state index contributed by atoms with van der Waals surface area (Å²) < 4.78 is 0. The third-order valence-electron chi connectivity index (χ3n) is 3.28. The fraction of sp³-hybridized carbons (Fsp3) is 0.500. The Bertz CT molecular complexity index is 442. The molecule has 0 aromatic heterocycles. The summed E-state index contributed by atoms with van der Waals surface area (Å²) in [5.74, 6) is -0.644. The Morgan fingerprint density at radius 2 is 1.75 bits per heavy atom. The summed E-state index contributed by atoms with van der Waals surface area (Å²) in [6, 6.07) is 8.66. The van der Waals surface area contributed by atoms with Gasteiger partial charge in [-0.2, -0.15) is 0 Å². The van der Waals surface area contributed by atoms with Gasteiger partial charge in [-0.05, 0) is 24.8 Å². The molecule has 1 rings (SSSR count). The van der Waals surface area contributed by atoms with Crippen LogP contribution >= 0.6 is 0 Å². The highest BCUT2D eigenvalue weighted by atomic mass is 16.4. The summed E-state index contributed by atoms with van der Waals surface area (Å²) in [5.41, 5.74) is 0.943. The molecule has 1 aromatic carbocycles. The first-order chi connectivity index (χ1) is 9.41. The smallest absolute Gasteiger partial charge is 0.326 e. The summed E-state index contributed by atoms with van der Waals surface area (Å²) in [7, 11) is 0. The maximum Gasteiger partial charge on any atom is 0.326 e. The molecule has 1 unspecified atom stereocenters. The number of hydrogen-bond donors (Lipinski definition) is 1. The maximum atomic E-state index is 12.3. The van der Waals surface area contributed by atoms with Gasteiger partial charge in [-0.3, -0.25) is 4.79 Å². The largest absolute Gasteiger partial charge is 0.480 e. The van der Waals surface area contributed by atoms with Gasteiger partial charge < -0.3 is 10.0 Å². The van der Waals surface area contributed by atoms with E-state index in [-0.39, 0.29) is 5.91 Å². The normalized spacial score (nSPS) is 12.2. The molecular weight excluding hydrogens is 254 g/mol. The standard InChI is InChI=1S/C16H23NO3/c1-12(2)9-10-15(18)17(13(3)16(19)20)11-14-7-5-4-6-8-14/h4-8,12-13H,9-11H2,1-3H3,(H,19,20). The molecule has 0 bridgehead atoms. The van der Waals surface area contributed by atoms with Crippen LogP contribution in [-0.4, -0.2) is 27.9 Å². The van der Waals surface area contributed by atoms with E-state index < -0.39 is 12.0 Å². The van der Waals surface area contributed by atoms with Crippen LogP contribution in [0.5, 0.6) is 0 Å². The average Bonchev–Trinajstić information content (AvgIpc) is 2.42. The van der Waals surface area contributed by atoms with Gasteiger partial charge in [0.2, 0.25) is 5.91 Å². The van der Waals surface area contributed by atoms with Crippen molar-refractivity contribution in [2.24, 2.45) is 5.92 Å². The number of nitrogens with zero attached hydrogens (tertiary/aromatic N) is 1. The van der Waals surface area contributed by atoms with Crippen LogP contribution in [0.15, 0.2) is 30.3 Å². The average molecular weight is 277 g/mol. The van der Waals surface area contributed by atoms with Crippen molar-refractivity contribution in [1.29, 1.82) is 0 Å². The Morgan fingerprint density at radius 3 is 2.25 bits per heavy atom. The van der Waals surface area contributed by atoms with Crippen LogP contribution in [-0.2, 0) is 16.1 Å². The Hall–Kier alpha value is -1.84. The summed E-state index contributed by atoms with van der Waals surface area (Å²) >= 11 is 0. The molecule has 0 aliphatic heterocycles. The van der Waals surface area contributed by atoms with Crippen LogP contribution in [0.25, 0.3) is 0 Å². The summed E-state index contributed by atoms with van der Waals surface area (Å²) in [6.07, 6.45) is 1.17. The molecule has 0 saturated heterocycles. The minimum Gasteiger partial charge on any atom is -0.480 e. The van der Waals surface area contributed by atoms with Crippen LogP contribution in [0.3, 0.4) is 0 Å². The lowest BCUT2D eigenvalue weighted by Crippen LogP contribution is -2.42. The lowest BCUT2D eigenvalue weighted by Gasteiger charge is -2.27. The molecule has 0 aliphatic carbocycles. The lowest BCUT2D eigenvalue weighted by molar-refractivity contribution is -0.150. The van der Waals surface area contributed by atoms with Gasteiger partial charge >= 0.3 is 5.97 Å². The Balaban J connectivity index is 2.80. The zero-order valence-corrected chi connectivity index (χ0v) is 12.4. The van der Waals surface area contributed by atoms with E-state index in [0.29, 0.717) is 18.9 Å². The summed E-state index contributed by atoms with van der Waals surface area (Å²) in [5, 5.41) is 9.16. The number of aliphatic carboxylic acids is 1. The number of amides is 1. The van der Waals surface area contributed by atoms with Gasteiger partial charge in [0.15, 0.2) is 0 Å². The van der Waals surface area contributed by atoms with Crippen molar-refractivity contribution in [2.75, 3.05) is 0 Å². The molecule has 0 radical (unpaired) electrons. The van der Waals surface area contributed by atoms with E-state index in [2.05, 4.69) is 13.8 Å². The molecule has 0 spiro atoms. The van der Waals surface area contributed by atoms with E-state index in [4.69, 9.17) is 5.11 Å². The molecule has 0 aliphatic rings. The number of benzene rings is 1. The SMILES string of the molecule is CC(C)CCC(=O)N(Cc1ccccc1)C(C)C(=O)O. The summed E-state index contributed by atoms with van der Waals surface area (Å²) in [4.78, 5) is 24.9. The van der Waals surface area contributed by atoms with Crippen LogP contribution in [0, 0.1) is 5.92 Å². The topological polar surface area (TPSA) is 57.6 Å². The fourth-order valence-corrected chi connectivity index (χ4v) is 1.91. The first kappa shape index (κ1) is 16.2. The van der Waals surface area contributed by atoms with Gasteiger partial charge in [-0.15, -0.1) is 0 Å². The van der Waals surface area contributed by atoms with E-state index in [0.717, 1.165) is 12.0 Å². The number of carboxylic acids is 1.